The maximum Gasteiger partial charge on any atom is 0.250 e. The highest BCUT2D eigenvalue weighted by molar-refractivity contribution is 5.19. The number of ether oxygens (including phenoxy) is 1. The molecule has 1 fully saturated rings. The van der Waals surface area contributed by atoms with E-state index in [0.717, 1.165) is 39.0 Å². The lowest BCUT2D eigenvalue weighted by Crippen LogP contribution is -2.49. The van der Waals surface area contributed by atoms with E-state index in [1.54, 1.807) is 13.2 Å². The van der Waals surface area contributed by atoms with Crippen LogP contribution in [0.4, 0.5) is 0 Å². The molecule has 2 bridgehead atoms. The summed E-state index contributed by atoms with van der Waals surface area (Å²) >= 11 is 0. The number of methoxy groups -OCH3 is 1. The topological polar surface area (TPSA) is 52.3 Å². The summed E-state index contributed by atoms with van der Waals surface area (Å²) in [5, 5.41) is 0. The summed E-state index contributed by atoms with van der Waals surface area (Å²) in [5.41, 5.74) is 2.64. The lowest BCUT2D eigenvalue weighted by molar-refractivity contribution is 0.0797. The van der Waals surface area contributed by atoms with Crippen molar-refractivity contribution in [3.05, 3.63) is 52.5 Å². The van der Waals surface area contributed by atoms with Gasteiger partial charge < -0.3 is 13.9 Å². The highest BCUT2D eigenvalue weighted by Crippen LogP contribution is 2.43. The third kappa shape index (κ3) is 3.60. The van der Waals surface area contributed by atoms with Crippen LogP contribution in [0.1, 0.15) is 49.5 Å². The summed E-state index contributed by atoms with van der Waals surface area (Å²) in [5.74, 6) is 0.993. The molecule has 6 nitrogen and oxygen atoms in total. The SMILES string of the molecule is CCC[C@H]1[C@H]2C[C@H](CN(Cc3cncn3CCOC)C2)c2cccc(=O)n21. The number of likely N-dealkylation sites (tertiary alicyclic amines) is 1. The van der Waals surface area contributed by atoms with Gasteiger partial charge in [-0.15, -0.1) is 0 Å². The van der Waals surface area contributed by atoms with Crippen molar-refractivity contribution in [1.29, 1.82) is 0 Å². The maximum atomic E-state index is 12.6. The minimum absolute atomic E-state index is 0.173. The first-order valence-corrected chi connectivity index (χ1v) is 10.1. The van der Waals surface area contributed by atoms with E-state index in [9.17, 15) is 4.79 Å². The molecule has 0 aliphatic carbocycles. The molecule has 0 amide bonds. The number of pyridine rings is 1. The molecule has 6 heteroatoms. The van der Waals surface area contributed by atoms with E-state index in [1.165, 1.54) is 17.8 Å². The Balaban J connectivity index is 1.57. The third-order valence-electron chi connectivity index (χ3n) is 6.18. The molecule has 2 aromatic heterocycles. The smallest absolute Gasteiger partial charge is 0.250 e. The first kappa shape index (κ1) is 18.4. The van der Waals surface area contributed by atoms with Crippen molar-refractivity contribution in [2.75, 3.05) is 26.8 Å². The van der Waals surface area contributed by atoms with Gasteiger partial charge in [0, 0.05) is 63.2 Å². The quantitative estimate of drug-likeness (QED) is 0.752. The van der Waals surface area contributed by atoms with E-state index in [1.807, 2.05) is 18.6 Å². The number of imidazole rings is 1. The first-order valence-electron chi connectivity index (χ1n) is 10.1. The summed E-state index contributed by atoms with van der Waals surface area (Å²) in [6.07, 6.45) is 7.26. The Morgan fingerprint density at radius 1 is 1.30 bits per heavy atom. The number of nitrogens with zero attached hydrogens (tertiary/aromatic N) is 4. The largest absolute Gasteiger partial charge is 0.383 e. The predicted octanol–water partition coefficient (Wildman–Crippen LogP) is 2.65. The second-order valence-corrected chi connectivity index (χ2v) is 7.97. The molecule has 0 spiro atoms. The van der Waals surface area contributed by atoms with Crippen LogP contribution in [0.2, 0.25) is 0 Å². The van der Waals surface area contributed by atoms with Crippen LogP contribution in [-0.2, 0) is 17.8 Å². The van der Waals surface area contributed by atoms with Crippen molar-refractivity contribution >= 4 is 0 Å². The molecule has 146 valence electrons. The van der Waals surface area contributed by atoms with Crippen LogP contribution >= 0.6 is 0 Å². The molecule has 2 aromatic rings. The molecular formula is C21H30N4O2. The van der Waals surface area contributed by atoms with Crippen molar-refractivity contribution in [2.45, 2.75) is 51.2 Å². The summed E-state index contributed by atoms with van der Waals surface area (Å²) in [6, 6.07) is 6.14. The molecule has 0 aromatic carbocycles. The Bertz CT molecular complexity index is 828. The van der Waals surface area contributed by atoms with Crippen LogP contribution in [0.3, 0.4) is 0 Å². The van der Waals surface area contributed by atoms with E-state index in [2.05, 4.69) is 32.0 Å². The summed E-state index contributed by atoms with van der Waals surface area (Å²) in [7, 11) is 1.73. The fraction of sp³-hybridized carbons (Fsp3) is 0.619. The number of hydrogen-bond donors (Lipinski definition) is 0. The summed E-state index contributed by atoms with van der Waals surface area (Å²) < 4.78 is 9.52. The molecule has 3 atom stereocenters. The van der Waals surface area contributed by atoms with E-state index < -0.39 is 0 Å². The number of fused-ring (bicyclic) bond motifs is 4. The Morgan fingerprint density at radius 3 is 3.00 bits per heavy atom. The zero-order valence-corrected chi connectivity index (χ0v) is 16.4. The summed E-state index contributed by atoms with van der Waals surface area (Å²) in [4.78, 5) is 19.5. The number of rotatable bonds is 7. The zero-order valence-electron chi connectivity index (χ0n) is 16.4. The Hall–Kier alpha value is -1.92. The second-order valence-electron chi connectivity index (χ2n) is 7.97. The van der Waals surface area contributed by atoms with Gasteiger partial charge in [-0.25, -0.2) is 4.98 Å². The highest BCUT2D eigenvalue weighted by atomic mass is 16.5. The van der Waals surface area contributed by atoms with Gasteiger partial charge in [-0.05, 0) is 24.8 Å². The molecule has 0 saturated carbocycles. The second kappa shape index (κ2) is 7.98. The molecule has 4 rings (SSSR count). The molecule has 1 saturated heterocycles. The van der Waals surface area contributed by atoms with Gasteiger partial charge >= 0.3 is 0 Å². The predicted molar refractivity (Wildman–Crippen MR) is 105 cm³/mol. The van der Waals surface area contributed by atoms with Crippen LogP contribution in [-0.4, -0.2) is 45.8 Å². The molecule has 2 aliphatic heterocycles. The van der Waals surface area contributed by atoms with E-state index in [-0.39, 0.29) is 5.56 Å². The normalized spacial score (nSPS) is 24.7. The van der Waals surface area contributed by atoms with Gasteiger partial charge in [0.25, 0.3) is 5.56 Å². The van der Waals surface area contributed by atoms with Crippen molar-refractivity contribution in [3.63, 3.8) is 0 Å². The third-order valence-corrected chi connectivity index (χ3v) is 6.18. The van der Waals surface area contributed by atoms with E-state index >= 15 is 0 Å². The van der Waals surface area contributed by atoms with Crippen LogP contribution < -0.4 is 5.56 Å². The van der Waals surface area contributed by atoms with Crippen LogP contribution in [0, 0.1) is 5.92 Å². The molecule has 0 unspecified atom stereocenters. The molecule has 27 heavy (non-hydrogen) atoms. The Labute approximate surface area is 160 Å². The van der Waals surface area contributed by atoms with Crippen molar-refractivity contribution < 1.29 is 4.74 Å². The Kier molecular flexibility index (Phi) is 5.45. The van der Waals surface area contributed by atoms with Crippen molar-refractivity contribution in [3.8, 4) is 0 Å². The fourth-order valence-corrected chi connectivity index (χ4v) is 5.03. The van der Waals surface area contributed by atoms with Crippen molar-refractivity contribution in [1.82, 2.24) is 19.0 Å². The standard InChI is InChI=1S/C21H30N4O2/c1-3-5-19-16-10-17(20-6-4-7-21(26)25(19)20)13-23(12-16)14-18-11-22-15-24(18)8-9-27-2/h4,6-7,11,15-17,19H,3,5,8-10,12-14H2,1-2H3/t16-,17+,19-/m0/s1. The summed E-state index contributed by atoms with van der Waals surface area (Å²) in [6.45, 7) is 6.72. The molecular weight excluding hydrogens is 340 g/mol. The first-order chi connectivity index (χ1) is 13.2. The van der Waals surface area contributed by atoms with Crippen molar-refractivity contribution in [2.24, 2.45) is 5.92 Å². The molecule has 0 N–H and O–H groups in total. The van der Waals surface area contributed by atoms with Crippen LogP contribution in [0.5, 0.6) is 0 Å². The fourth-order valence-electron chi connectivity index (χ4n) is 5.03. The van der Waals surface area contributed by atoms with Gasteiger partial charge in [0.05, 0.1) is 18.6 Å². The molecule has 2 aliphatic rings. The number of hydrogen-bond acceptors (Lipinski definition) is 4. The maximum absolute atomic E-state index is 12.6. The van der Waals surface area contributed by atoms with E-state index in [0.29, 0.717) is 24.5 Å². The van der Waals surface area contributed by atoms with Gasteiger partial charge in [0.15, 0.2) is 0 Å². The van der Waals surface area contributed by atoms with Gasteiger partial charge in [0.2, 0.25) is 0 Å². The number of piperidine rings is 1. The average Bonchev–Trinajstić information content (AvgIpc) is 3.10. The van der Waals surface area contributed by atoms with E-state index in [4.69, 9.17) is 4.74 Å². The molecule has 4 heterocycles. The minimum Gasteiger partial charge on any atom is -0.383 e. The van der Waals surface area contributed by atoms with Gasteiger partial charge in [-0.2, -0.15) is 0 Å². The number of aromatic nitrogens is 3. The van der Waals surface area contributed by atoms with Gasteiger partial charge in [-0.3, -0.25) is 9.69 Å². The lowest BCUT2D eigenvalue weighted by atomic mass is 9.77. The van der Waals surface area contributed by atoms with Crippen LogP contribution in [0.15, 0.2) is 35.5 Å². The monoisotopic (exact) mass is 370 g/mol. The highest BCUT2D eigenvalue weighted by Gasteiger charge is 2.40. The molecule has 0 radical (unpaired) electrons. The minimum atomic E-state index is 0.173. The lowest BCUT2D eigenvalue weighted by Gasteiger charge is -2.47. The van der Waals surface area contributed by atoms with Gasteiger partial charge in [0.1, 0.15) is 0 Å². The Morgan fingerprint density at radius 2 is 2.19 bits per heavy atom. The van der Waals surface area contributed by atoms with Gasteiger partial charge in [-0.1, -0.05) is 19.4 Å². The zero-order chi connectivity index (χ0) is 18.8. The average molecular weight is 370 g/mol. The van der Waals surface area contributed by atoms with Crippen LogP contribution in [0.25, 0.3) is 0 Å².